The van der Waals surface area contributed by atoms with Gasteiger partial charge in [-0.25, -0.2) is 0 Å². The number of halogens is 3. The number of hydrogen-bond acceptors (Lipinski definition) is 4. The van der Waals surface area contributed by atoms with Gasteiger partial charge in [0.1, 0.15) is 11.9 Å². The molecule has 0 spiro atoms. The number of nitro benzene ring substituents is 1. The minimum Gasteiger partial charge on any atom is -0.493 e. The molecule has 19 heavy (non-hydrogen) atoms. The third-order valence-corrected chi connectivity index (χ3v) is 2.89. The molecule has 1 N–H and O–H groups in total. The molecule has 0 aliphatic heterocycles. The fourth-order valence-electron chi connectivity index (χ4n) is 1.38. The van der Waals surface area contributed by atoms with Crippen molar-refractivity contribution in [3.63, 3.8) is 0 Å². The van der Waals surface area contributed by atoms with Gasteiger partial charge in [0.2, 0.25) is 3.79 Å². The molecule has 0 bridgehead atoms. The van der Waals surface area contributed by atoms with Gasteiger partial charge in [-0.1, -0.05) is 41.7 Å². The van der Waals surface area contributed by atoms with Crippen molar-refractivity contribution in [1.29, 1.82) is 0 Å². The van der Waals surface area contributed by atoms with Crippen molar-refractivity contribution in [3.8, 4) is 5.75 Å². The number of rotatable bonds is 5. The van der Waals surface area contributed by atoms with Crippen molar-refractivity contribution in [1.82, 2.24) is 0 Å². The summed E-state index contributed by atoms with van der Waals surface area (Å²) in [5, 5.41) is 20.7. The van der Waals surface area contributed by atoms with Crippen molar-refractivity contribution in [2.24, 2.45) is 0 Å². The van der Waals surface area contributed by atoms with Gasteiger partial charge in [0.25, 0.3) is 5.69 Å². The molecule has 106 valence electrons. The molecular weight excluding hydrogens is 316 g/mol. The molecule has 0 radical (unpaired) electrons. The van der Waals surface area contributed by atoms with E-state index >= 15 is 0 Å². The molecule has 1 aromatic carbocycles. The highest BCUT2D eigenvalue weighted by atomic mass is 35.6. The van der Waals surface area contributed by atoms with Gasteiger partial charge in [0.15, 0.2) is 0 Å². The maximum absolute atomic E-state index is 10.7. The molecule has 8 heteroatoms. The normalized spacial score (nSPS) is 13.1. The summed E-state index contributed by atoms with van der Waals surface area (Å²) in [6, 6.07) is 3.78. The maximum Gasteiger partial charge on any atom is 0.270 e. The number of nitrogens with zero attached hydrogens (tertiary/aromatic N) is 1. The van der Waals surface area contributed by atoms with E-state index in [4.69, 9.17) is 39.5 Å². The number of aliphatic hydroxyl groups is 1. The summed E-state index contributed by atoms with van der Waals surface area (Å²) in [7, 11) is 0. The lowest BCUT2D eigenvalue weighted by molar-refractivity contribution is -0.385. The number of hydrogen-bond donors (Lipinski definition) is 1. The van der Waals surface area contributed by atoms with Crippen LogP contribution in [0, 0.1) is 10.1 Å². The van der Waals surface area contributed by atoms with Crippen LogP contribution in [0.15, 0.2) is 18.2 Å². The second-order valence-corrected chi connectivity index (χ2v) is 6.14. The molecule has 0 aromatic heterocycles. The van der Waals surface area contributed by atoms with Crippen LogP contribution in [0.2, 0.25) is 0 Å². The molecule has 0 saturated carbocycles. The average Bonchev–Trinajstić information content (AvgIpc) is 2.34. The lowest BCUT2D eigenvalue weighted by Crippen LogP contribution is -2.17. The number of nitro groups is 1. The van der Waals surface area contributed by atoms with E-state index in [2.05, 4.69) is 0 Å². The predicted octanol–water partition coefficient (Wildman–Crippen LogP) is 3.79. The summed E-state index contributed by atoms with van der Waals surface area (Å²) in [4.78, 5) is 10.1. The molecule has 1 unspecified atom stereocenters. The summed E-state index contributed by atoms with van der Waals surface area (Å²) in [6.07, 6.45) is -0.787. The Hall–Kier alpha value is -0.750. The van der Waals surface area contributed by atoms with E-state index in [0.29, 0.717) is 6.61 Å². The summed E-state index contributed by atoms with van der Waals surface area (Å²) in [5.74, 6) is 0.256. The first kappa shape index (κ1) is 16.3. The lowest BCUT2D eigenvalue weighted by atomic mass is 10.1. The van der Waals surface area contributed by atoms with Gasteiger partial charge in [-0.3, -0.25) is 10.1 Å². The molecule has 1 rings (SSSR count). The van der Waals surface area contributed by atoms with Crippen LogP contribution >= 0.6 is 34.8 Å². The van der Waals surface area contributed by atoms with Crippen molar-refractivity contribution in [3.05, 3.63) is 33.9 Å². The van der Waals surface area contributed by atoms with Gasteiger partial charge in [-0.2, -0.15) is 0 Å². The first-order chi connectivity index (χ1) is 8.77. The Morgan fingerprint density at radius 2 is 2.11 bits per heavy atom. The fourth-order valence-corrected chi connectivity index (χ4v) is 1.74. The Balaban J connectivity index is 3.21. The molecule has 0 amide bonds. The van der Waals surface area contributed by atoms with Crippen LogP contribution in [-0.2, 0) is 0 Å². The number of ether oxygens (including phenoxy) is 1. The van der Waals surface area contributed by atoms with E-state index in [1.54, 1.807) is 0 Å². The van der Waals surface area contributed by atoms with Gasteiger partial charge in [0, 0.05) is 17.7 Å². The standard InChI is InChI=1S/C11H12Cl3NO4/c1-2-5-19-9-4-3-7(15(17)18)6-8(9)10(16)11(12,13)14/h3-4,6,10,16H,2,5H2,1H3. The van der Waals surface area contributed by atoms with Crippen LogP contribution in [0.3, 0.4) is 0 Å². The first-order valence-corrected chi connectivity index (χ1v) is 6.56. The molecule has 0 heterocycles. The highest BCUT2D eigenvalue weighted by molar-refractivity contribution is 6.68. The van der Waals surface area contributed by atoms with E-state index in [-0.39, 0.29) is 17.0 Å². The van der Waals surface area contributed by atoms with Crippen molar-refractivity contribution >= 4 is 40.5 Å². The van der Waals surface area contributed by atoms with Gasteiger partial charge in [-0.05, 0) is 12.5 Å². The zero-order chi connectivity index (χ0) is 14.6. The van der Waals surface area contributed by atoms with Crippen LogP contribution < -0.4 is 4.74 Å². The van der Waals surface area contributed by atoms with Gasteiger partial charge >= 0.3 is 0 Å². The second kappa shape index (κ2) is 6.61. The predicted molar refractivity (Wildman–Crippen MR) is 74.1 cm³/mol. The van der Waals surface area contributed by atoms with Crippen molar-refractivity contribution in [2.45, 2.75) is 23.2 Å². The third kappa shape index (κ3) is 4.38. The van der Waals surface area contributed by atoms with Crippen molar-refractivity contribution in [2.75, 3.05) is 6.61 Å². The third-order valence-electron chi connectivity index (χ3n) is 2.27. The number of alkyl halides is 3. The molecule has 1 atom stereocenters. The minimum atomic E-state index is -2.00. The molecule has 0 aliphatic carbocycles. The van der Waals surface area contributed by atoms with Crippen LogP contribution in [0.5, 0.6) is 5.75 Å². The van der Waals surface area contributed by atoms with E-state index in [1.807, 2.05) is 6.92 Å². The van der Waals surface area contributed by atoms with E-state index in [1.165, 1.54) is 12.1 Å². The van der Waals surface area contributed by atoms with Gasteiger partial charge in [-0.15, -0.1) is 0 Å². The van der Waals surface area contributed by atoms with Crippen LogP contribution in [0.25, 0.3) is 0 Å². The largest absolute Gasteiger partial charge is 0.493 e. The molecule has 5 nitrogen and oxygen atoms in total. The molecule has 1 aromatic rings. The van der Waals surface area contributed by atoms with Crippen LogP contribution in [0.4, 0.5) is 5.69 Å². The Bertz CT molecular complexity index is 462. The van der Waals surface area contributed by atoms with Crippen molar-refractivity contribution < 1.29 is 14.8 Å². The van der Waals surface area contributed by atoms with E-state index in [0.717, 1.165) is 12.5 Å². The maximum atomic E-state index is 10.7. The Morgan fingerprint density at radius 1 is 1.47 bits per heavy atom. The fraction of sp³-hybridized carbons (Fsp3) is 0.455. The Morgan fingerprint density at radius 3 is 2.58 bits per heavy atom. The summed E-state index contributed by atoms with van der Waals surface area (Å²) in [5.41, 5.74) is -0.144. The minimum absolute atomic E-state index is 0.0719. The second-order valence-electron chi connectivity index (χ2n) is 3.77. The topological polar surface area (TPSA) is 72.6 Å². The van der Waals surface area contributed by atoms with Crippen LogP contribution in [-0.4, -0.2) is 20.4 Å². The average molecular weight is 329 g/mol. The molecule has 0 aliphatic rings. The number of aliphatic hydroxyl groups excluding tert-OH is 1. The van der Waals surface area contributed by atoms with E-state index < -0.39 is 14.8 Å². The van der Waals surface area contributed by atoms with Crippen LogP contribution in [0.1, 0.15) is 25.0 Å². The van der Waals surface area contributed by atoms with Gasteiger partial charge in [0.05, 0.1) is 11.5 Å². The molecular formula is C11H12Cl3NO4. The Labute approximate surface area is 125 Å². The SMILES string of the molecule is CCCOc1ccc([N+](=O)[O-])cc1C(O)C(Cl)(Cl)Cl. The van der Waals surface area contributed by atoms with Gasteiger partial charge < -0.3 is 9.84 Å². The molecule has 0 saturated heterocycles. The summed E-state index contributed by atoms with van der Waals surface area (Å²) >= 11 is 16.8. The molecule has 0 fully saturated rings. The quantitative estimate of drug-likeness (QED) is 0.507. The highest BCUT2D eigenvalue weighted by Gasteiger charge is 2.35. The highest BCUT2D eigenvalue weighted by Crippen LogP contribution is 2.43. The zero-order valence-corrected chi connectivity index (χ0v) is 12.2. The Kier molecular flexibility index (Phi) is 5.67. The lowest BCUT2D eigenvalue weighted by Gasteiger charge is -2.21. The summed E-state index contributed by atoms with van der Waals surface area (Å²) < 4.78 is 3.38. The smallest absolute Gasteiger partial charge is 0.270 e. The number of non-ortho nitro benzene ring substituents is 1. The summed E-state index contributed by atoms with van der Waals surface area (Å²) in [6.45, 7) is 2.29. The monoisotopic (exact) mass is 327 g/mol. The first-order valence-electron chi connectivity index (χ1n) is 5.43. The number of benzene rings is 1. The zero-order valence-electron chi connectivity index (χ0n) is 9.98. The van der Waals surface area contributed by atoms with E-state index in [9.17, 15) is 15.2 Å².